The van der Waals surface area contributed by atoms with Crippen molar-refractivity contribution in [1.82, 2.24) is 0 Å². The van der Waals surface area contributed by atoms with Crippen LogP contribution < -0.4 is 29.4 Å². The molecule has 1 unspecified atom stereocenters. The van der Waals surface area contributed by atoms with Gasteiger partial charge in [0.05, 0.1) is 31.8 Å². The van der Waals surface area contributed by atoms with E-state index in [4.69, 9.17) is 29.4 Å². The van der Waals surface area contributed by atoms with Crippen LogP contribution in [-0.2, 0) is 0 Å². The number of nitrogens with two attached hydrogens (primary N) is 1. The molecule has 0 fully saturated rings. The molecule has 2 N–H and O–H groups in total. The Balaban J connectivity index is 1.63. The van der Waals surface area contributed by atoms with E-state index in [0.29, 0.717) is 34.1 Å². The van der Waals surface area contributed by atoms with Crippen molar-refractivity contribution in [3.63, 3.8) is 0 Å². The average Bonchev–Trinajstić information content (AvgIpc) is 2.87. The van der Waals surface area contributed by atoms with Crippen molar-refractivity contribution in [1.29, 1.82) is 5.26 Å². The number of ether oxygens (including phenoxy) is 5. The number of nitrogens with zero attached hydrogens (tertiary/aromatic N) is 1. The minimum absolute atomic E-state index is 0.0194. The van der Waals surface area contributed by atoms with Crippen molar-refractivity contribution in [3.8, 4) is 34.8 Å². The molecule has 0 aromatic heterocycles. The molecule has 0 saturated carbocycles. The Bertz CT molecular complexity index is 1360. The monoisotopic (exact) mass is 486 g/mol. The van der Waals surface area contributed by atoms with Crippen molar-refractivity contribution >= 4 is 5.97 Å². The molecule has 8 heteroatoms. The predicted octanol–water partition coefficient (Wildman–Crippen LogP) is 4.93. The third kappa shape index (κ3) is 4.91. The molecule has 184 valence electrons. The van der Waals surface area contributed by atoms with Crippen molar-refractivity contribution in [2.45, 2.75) is 25.9 Å². The number of carbonyl (C=O) groups excluding carboxylic acids is 1. The summed E-state index contributed by atoms with van der Waals surface area (Å²) in [6.45, 7) is 3.86. The van der Waals surface area contributed by atoms with E-state index in [-0.39, 0.29) is 23.3 Å². The number of esters is 1. The highest BCUT2D eigenvalue weighted by atomic mass is 16.5. The maximum atomic E-state index is 12.7. The summed E-state index contributed by atoms with van der Waals surface area (Å²) in [6.07, 6.45) is 0.0316. The first-order chi connectivity index (χ1) is 17.3. The molecule has 8 nitrogen and oxygen atoms in total. The van der Waals surface area contributed by atoms with Crippen LogP contribution in [0.15, 0.2) is 72.1 Å². The molecule has 1 atom stereocenters. The Morgan fingerprint density at radius 1 is 0.972 bits per heavy atom. The van der Waals surface area contributed by atoms with E-state index in [2.05, 4.69) is 6.07 Å². The molecule has 3 aromatic carbocycles. The second kappa shape index (κ2) is 10.3. The Morgan fingerprint density at radius 3 is 2.31 bits per heavy atom. The molecular weight excluding hydrogens is 460 g/mol. The molecule has 36 heavy (non-hydrogen) atoms. The lowest BCUT2D eigenvalue weighted by Gasteiger charge is -2.27. The van der Waals surface area contributed by atoms with E-state index in [1.807, 2.05) is 19.9 Å². The van der Waals surface area contributed by atoms with Gasteiger partial charge in [0.15, 0.2) is 11.5 Å². The van der Waals surface area contributed by atoms with Gasteiger partial charge < -0.3 is 29.4 Å². The van der Waals surface area contributed by atoms with Gasteiger partial charge in [-0.05, 0) is 61.9 Å². The average molecular weight is 487 g/mol. The fourth-order valence-electron chi connectivity index (χ4n) is 3.98. The highest BCUT2D eigenvalue weighted by Crippen LogP contribution is 2.45. The maximum absolute atomic E-state index is 12.7. The summed E-state index contributed by atoms with van der Waals surface area (Å²) in [5.74, 6) is 1.37. The van der Waals surface area contributed by atoms with Crippen LogP contribution >= 0.6 is 0 Å². The Morgan fingerprint density at radius 2 is 1.67 bits per heavy atom. The number of methoxy groups -OCH3 is 2. The highest BCUT2D eigenvalue weighted by molar-refractivity contribution is 5.91. The van der Waals surface area contributed by atoms with E-state index < -0.39 is 11.9 Å². The van der Waals surface area contributed by atoms with Crippen LogP contribution in [0.25, 0.3) is 0 Å². The standard InChI is InChI=1S/C28H26N2O6/c1-16(2)34-19-8-5-17(6-9-19)28(31)35-20-10-11-21-24(14-20)36-27(30)22(15-29)26(21)18-7-12-23(32-3)25(13-18)33-4/h5-14,16,26H,30H2,1-4H3. The van der Waals surface area contributed by atoms with Gasteiger partial charge in [0, 0.05) is 11.6 Å². The summed E-state index contributed by atoms with van der Waals surface area (Å²) in [5.41, 5.74) is 8.22. The number of hydrogen-bond donors (Lipinski definition) is 1. The van der Waals surface area contributed by atoms with Gasteiger partial charge in [-0.3, -0.25) is 0 Å². The molecule has 0 amide bonds. The van der Waals surface area contributed by atoms with Gasteiger partial charge in [-0.15, -0.1) is 0 Å². The van der Waals surface area contributed by atoms with Gasteiger partial charge >= 0.3 is 5.97 Å². The Labute approximate surface area is 209 Å². The third-order valence-electron chi connectivity index (χ3n) is 5.60. The van der Waals surface area contributed by atoms with E-state index in [9.17, 15) is 10.1 Å². The molecule has 0 saturated heterocycles. The van der Waals surface area contributed by atoms with Crippen LogP contribution in [-0.4, -0.2) is 26.3 Å². The van der Waals surface area contributed by atoms with Crippen LogP contribution in [0.3, 0.4) is 0 Å². The molecule has 0 bridgehead atoms. The normalized spacial score (nSPS) is 14.4. The van der Waals surface area contributed by atoms with E-state index in [1.165, 1.54) is 0 Å². The second-order valence-corrected chi connectivity index (χ2v) is 8.32. The van der Waals surface area contributed by atoms with E-state index >= 15 is 0 Å². The van der Waals surface area contributed by atoms with Gasteiger partial charge in [-0.1, -0.05) is 12.1 Å². The minimum atomic E-state index is -0.528. The third-order valence-corrected chi connectivity index (χ3v) is 5.60. The maximum Gasteiger partial charge on any atom is 0.343 e. The number of carbonyl (C=O) groups is 1. The smallest absolute Gasteiger partial charge is 0.343 e. The van der Waals surface area contributed by atoms with Crippen molar-refractivity contribution in [2.75, 3.05) is 14.2 Å². The quantitative estimate of drug-likeness (QED) is 0.370. The van der Waals surface area contributed by atoms with Gasteiger partial charge in [0.25, 0.3) is 0 Å². The minimum Gasteiger partial charge on any atom is -0.493 e. The van der Waals surface area contributed by atoms with Gasteiger partial charge in [-0.25, -0.2) is 4.79 Å². The summed E-state index contributed by atoms with van der Waals surface area (Å²) >= 11 is 0. The summed E-state index contributed by atoms with van der Waals surface area (Å²) in [5, 5.41) is 9.81. The number of hydrogen-bond acceptors (Lipinski definition) is 8. The van der Waals surface area contributed by atoms with Crippen molar-refractivity contribution < 1.29 is 28.5 Å². The topological polar surface area (TPSA) is 113 Å². The molecule has 0 radical (unpaired) electrons. The zero-order valence-corrected chi connectivity index (χ0v) is 20.4. The summed E-state index contributed by atoms with van der Waals surface area (Å²) in [4.78, 5) is 12.7. The largest absolute Gasteiger partial charge is 0.493 e. The number of allylic oxidation sites excluding steroid dienone is 1. The number of nitriles is 1. The van der Waals surface area contributed by atoms with Crippen LogP contribution in [0.4, 0.5) is 0 Å². The molecule has 0 aliphatic carbocycles. The van der Waals surface area contributed by atoms with Crippen LogP contribution in [0.5, 0.6) is 28.7 Å². The first kappa shape index (κ1) is 24.5. The van der Waals surface area contributed by atoms with Crippen LogP contribution in [0.1, 0.15) is 41.3 Å². The van der Waals surface area contributed by atoms with Crippen LogP contribution in [0.2, 0.25) is 0 Å². The first-order valence-corrected chi connectivity index (χ1v) is 11.3. The zero-order valence-electron chi connectivity index (χ0n) is 20.4. The molecule has 1 aliphatic heterocycles. The molecule has 3 aromatic rings. The summed E-state index contributed by atoms with van der Waals surface area (Å²) in [7, 11) is 3.09. The molecule has 1 heterocycles. The number of benzene rings is 3. The van der Waals surface area contributed by atoms with Gasteiger partial charge in [-0.2, -0.15) is 5.26 Å². The fourth-order valence-corrected chi connectivity index (χ4v) is 3.98. The van der Waals surface area contributed by atoms with Gasteiger partial charge in [0.1, 0.15) is 28.9 Å². The Hall–Kier alpha value is -4.64. The van der Waals surface area contributed by atoms with Crippen molar-refractivity contribution in [2.24, 2.45) is 5.73 Å². The fraction of sp³-hybridized carbons (Fsp3) is 0.214. The van der Waals surface area contributed by atoms with E-state index in [0.717, 1.165) is 5.56 Å². The second-order valence-electron chi connectivity index (χ2n) is 8.32. The van der Waals surface area contributed by atoms with Gasteiger partial charge in [0.2, 0.25) is 5.88 Å². The van der Waals surface area contributed by atoms with Crippen LogP contribution in [0, 0.1) is 11.3 Å². The lowest BCUT2D eigenvalue weighted by molar-refractivity contribution is 0.0734. The zero-order chi connectivity index (χ0) is 25.8. The molecular formula is C28H26N2O6. The summed E-state index contributed by atoms with van der Waals surface area (Å²) < 4.78 is 27.7. The first-order valence-electron chi connectivity index (χ1n) is 11.3. The lowest BCUT2D eigenvalue weighted by Crippen LogP contribution is -2.21. The molecule has 0 spiro atoms. The Kier molecular flexibility index (Phi) is 7.02. The van der Waals surface area contributed by atoms with Crippen molar-refractivity contribution in [3.05, 3.63) is 88.8 Å². The van der Waals surface area contributed by atoms with E-state index in [1.54, 1.807) is 68.8 Å². The number of rotatable bonds is 7. The summed E-state index contributed by atoms with van der Waals surface area (Å²) in [6, 6.07) is 19.3. The number of fused-ring (bicyclic) bond motifs is 1. The SMILES string of the molecule is COc1ccc(C2C(C#N)=C(N)Oc3cc(OC(=O)c4ccc(OC(C)C)cc4)ccc32)cc1OC. The predicted molar refractivity (Wildman–Crippen MR) is 132 cm³/mol. The lowest BCUT2D eigenvalue weighted by atomic mass is 9.83. The molecule has 1 aliphatic rings. The highest BCUT2D eigenvalue weighted by Gasteiger charge is 2.31. The molecule has 4 rings (SSSR count).